The molecule has 2 nitrogen and oxygen atoms in total. The monoisotopic (exact) mass is 278 g/mol. The molecule has 0 spiro atoms. The van der Waals surface area contributed by atoms with Gasteiger partial charge in [0.05, 0.1) is 12.7 Å². The molecule has 1 rings (SSSR count). The van der Waals surface area contributed by atoms with Crippen molar-refractivity contribution in [3.05, 3.63) is 48.0 Å². The van der Waals surface area contributed by atoms with Crippen LogP contribution in [0.5, 0.6) is 0 Å². The average molecular weight is 278 g/mol. The van der Waals surface area contributed by atoms with Gasteiger partial charge < -0.3 is 9.53 Å². The van der Waals surface area contributed by atoms with Gasteiger partial charge in [-0.15, -0.1) is 0 Å². The summed E-state index contributed by atoms with van der Waals surface area (Å²) in [5.41, 5.74) is 1.78. The van der Waals surface area contributed by atoms with Gasteiger partial charge >= 0.3 is 0 Å². The fourth-order valence-electron chi connectivity index (χ4n) is 1.57. The second-order valence-electron chi connectivity index (χ2n) is 6.49. The number of rotatable bonds is 5. The lowest BCUT2D eigenvalue weighted by atomic mass is 10.0. The first-order chi connectivity index (χ1) is 8.69. The Labute approximate surface area is 118 Å². The molecule has 0 heterocycles. The van der Waals surface area contributed by atoms with Crippen molar-refractivity contribution >= 4 is 8.32 Å². The maximum atomic E-state index is 9.40. The van der Waals surface area contributed by atoms with Crippen LogP contribution in [-0.4, -0.2) is 20.0 Å². The number of benzene rings is 1. The van der Waals surface area contributed by atoms with E-state index in [1.807, 2.05) is 30.3 Å². The fraction of sp³-hybridized carbons (Fsp3) is 0.500. The minimum atomic E-state index is -1.90. The normalized spacial score (nSPS) is 14.2. The van der Waals surface area contributed by atoms with Crippen molar-refractivity contribution in [2.75, 3.05) is 6.61 Å². The molecular weight excluding hydrogens is 252 g/mol. The minimum Gasteiger partial charge on any atom is -0.406 e. The second-order valence-corrected chi connectivity index (χ2v) is 11.2. The molecule has 106 valence electrons. The van der Waals surface area contributed by atoms with Gasteiger partial charge in [0.25, 0.3) is 0 Å². The number of hydrogen-bond donors (Lipinski definition) is 1. The van der Waals surface area contributed by atoms with Crippen LogP contribution in [0.1, 0.15) is 32.4 Å². The Balaban J connectivity index is 3.05. The number of aliphatic hydroxyl groups excluding tert-OH is 1. The van der Waals surface area contributed by atoms with Gasteiger partial charge in [0.15, 0.2) is 8.32 Å². The smallest absolute Gasteiger partial charge is 0.193 e. The van der Waals surface area contributed by atoms with Crippen LogP contribution in [-0.2, 0) is 4.43 Å². The van der Waals surface area contributed by atoms with E-state index in [0.29, 0.717) is 0 Å². The molecule has 3 heteroatoms. The molecule has 0 aliphatic heterocycles. The molecule has 0 aliphatic carbocycles. The van der Waals surface area contributed by atoms with E-state index in [-0.39, 0.29) is 17.7 Å². The lowest BCUT2D eigenvalue weighted by molar-refractivity contribution is 0.195. The molecule has 1 atom stereocenters. The van der Waals surface area contributed by atoms with Gasteiger partial charge in [0.1, 0.15) is 0 Å². The summed E-state index contributed by atoms with van der Waals surface area (Å²) in [5, 5.41) is 9.54. The van der Waals surface area contributed by atoms with Gasteiger partial charge in [-0.25, -0.2) is 0 Å². The molecule has 0 fully saturated rings. The summed E-state index contributed by atoms with van der Waals surface area (Å²) < 4.78 is 6.42. The predicted octanol–water partition coefficient (Wildman–Crippen LogP) is 4.30. The third-order valence-corrected chi connectivity index (χ3v) is 8.33. The van der Waals surface area contributed by atoms with E-state index in [2.05, 4.69) is 40.4 Å². The molecule has 0 aliphatic rings. The van der Waals surface area contributed by atoms with Crippen molar-refractivity contribution in [3.63, 3.8) is 0 Å². The van der Waals surface area contributed by atoms with E-state index in [4.69, 9.17) is 4.43 Å². The van der Waals surface area contributed by atoms with Crippen LogP contribution in [0.25, 0.3) is 0 Å². The lowest BCUT2D eigenvalue weighted by Crippen LogP contribution is -2.42. The summed E-state index contributed by atoms with van der Waals surface area (Å²) >= 11 is 0. The molecule has 1 aromatic rings. The van der Waals surface area contributed by atoms with Crippen LogP contribution in [0.15, 0.2) is 42.5 Å². The Bertz CT molecular complexity index is 418. The first-order valence-corrected chi connectivity index (χ1v) is 9.61. The van der Waals surface area contributed by atoms with E-state index < -0.39 is 8.32 Å². The number of hydrogen-bond acceptors (Lipinski definition) is 2. The molecule has 19 heavy (non-hydrogen) atoms. The van der Waals surface area contributed by atoms with Crippen LogP contribution >= 0.6 is 0 Å². The van der Waals surface area contributed by atoms with Gasteiger partial charge in [-0.2, -0.15) is 0 Å². The highest BCUT2D eigenvalue weighted by atomic mass is 28.4. The van der Waals surface area contributed by atoms with Crippen LogP contribution in [0.3, 0.4) is 0 Å². The average Bonchev–Trinajstić information content (AvgIpc) is 2.35. The van der Waals surface area contributed by atoms with Crippen molar-refractivity contribution in [1.29, 1.82) is 0 Å². The van der Waals surface area contributed by atoms with E-state index >= 15 is 0 Å². The van der Waals surface area contributed by atoms with Gasteiger partial charge in [0.2, 0.25) is 0 Å². The van der Waals surface area contributed by atoms with Crippen LogP contribution in [0, 0.1) is 0 Å². The molecule has 0 amide bonds. The van der Waals surface area contributed by atoms with E-state index in [1.165, 1.54) is 0 Å². The SMILES string of the molecule is C=C(CO)[C@H](O[Si](C)(C)C(C)(C)C)c1ccccc1. The van der Waals surface area contributed by atoms with E-state index in [9.17, 15) is 5.11 Å². The fourth-order valence-corrected chi connectivity index (χ4v) is 2.81. The second kappa shape index (κ2) is 6.03. The summed E-state index contributed by atoms with van der Waals surface area (Å²) in [5.74, 6) is 0. The number of aliphatic hydroxyl groups is 1. The Hall–Kier alpha value is -0.903. The molecule has 1 aromatic carbocycles. The molecule has 0 aromatic heterocycles. The van der Waals surface area contributed by atoms with Crippen LogP contribution in [0.2, 0.25) is 18.1 Å². The Morgan fingerprint density at radius 3 is 2.21 bits per heavy atom. The maximum absolute atomic E-state index is 9.40. The van der Waals surface area contributed by atoms with Crippen molar-refractivity contribution in [1.82, 2.24) is 0 Å². The third-order valence-electron chi connectivity index (χ3n) is 3.89. The zero-order valence-corrected chi connectivity index (χ0v) is 13.7. The Morgan fingerprint density at radius 1 is 1.26 bits per heavy atom. The lowest BCUT2D eigenvalue weighted by Gasteiger charge is -2.39. The molecular formula is C16H26O2Si. The molecule has 0 saturated heterocycles. The van der Waals surface area contributed by atoms with E-state index in [1.54, 1.807) is 0 Å². The quantitative estimate of drug-likeness (QED) is 0.643. The van der Waals surface area contributed by atoms with Gasteiger partial charge in [-0.05, 0) is 29.3 Å². The first kappa shape index (κ1) is 16.2. The molecule has 0 unspecified atom stereocenters. The van der Waals surface area contributed by atoms with Gasteiger partial charge in [-0.3, -0.25) is 0 Å². The highest BCUT2D eigenvalue weighted by Gasteiger charge is 2.39. The topological polar surface area (TPSA) is 29.5 Å². The summed E-state index contributed by atoms with van der Waals surface area (Å²) in [6, 6.07) is 10.0. The molecule has 1 N–H and O–H groups in total. The third kappa shape index (κ3) is 4.03. The Morgan fingerprint density at radius 2 is 1.79 bits per heavy atom. The standard InChI is InChI=1S/C16H26O2Si/c1-13(12-17)15(14-10-8-7-9-11-14)18-19(5,6)16(2,3)4/h7-11,15,17H,1,12H2,2-6H3/t15-/m0/s1. The van der Waals surface area contributed by atoms with Crippen molar-refractivity contribution in [2.24, 2.45) is 0 Å². The summed E-state index contributed by atoms with van der Waals surface area (Å²) in [6.45, 7) is 15.0. The van der Waals surface area contributed by atoms with Crippen LogP contribution in [0.4, 0.5) is 0 Å². The van der Waals surface area contributed by atoms with Gasteiger partial charge in [-0.1, -0.05) is 57.7 Å². The minimum absolute atomic E-state index is 0.0474. The largest absolute Gasteiger partial charge is 0.406 e. The van der Waals surface area contributed by atoms with Crippen molar-refractivity contribution < 1.29 is 9.53 Å². The Kier molecular flexibility index (Phi) is 5.13. The summed E-state index contributed by atoms with van der Waals surface area (Å²) in [7, 11) is -1.90. The first-order valence-electron chi connectivity index (χ1n) is 6.70. The van der Waals surface area contributed by atoms with E-state index in [0.717, 1.165) is 11.1 Å². The summed E-state index contributed by atoms with van der Waals surface area (Å²) in [4.78, 5) is 0. The predicted molar refractivity (Wildman–Crippen MR) is 83.7 cm³/mol. The maximum Gasteiger partial charge on any atom is 0.193 e. The molecule has 0 radical (unpaired) electrons. The van der Waals surface area contributed by atoms with Crippen LogP contribution < -0.4 is 0 Å². The molecule has 0 bridgehead atoms. The highest BCUT2D eigenvalue weighted by molar-refractivity contribution is 6.74. The van der Waals surface area contributed by atoms with Crippen molar-refractivity contribution in [3.8, 4) is 0 Å². The molecule has 0 saturated carbocycles. The zero-order valence-electron chi connectivity index (χ0n) is 12.7. The zero-order chi connectivity index (χ0) is 14.7. The van der Waals surface area contributed by atoms with Gasteiger partial charge in [0, 0.05) is 0 Å². The highest BCUT2D eigenvalue weighted by Crippen LogP contribution is 2.41. The van der Waals surface area contributed by atoms with Crippen molar-refractivity contribution in [2.45, 2.75) is 45.0 Å². The summed E-state index contributed by atoms with van der Waals surface area (Å²) in [6.07, 6.45) is -0.216.